The minimum Gasteiger partial charge on any atom is -0.464 e. The van der Waals surface area contributed by atoms with Crippen LogP contribution in [0.1, 0.15) is 47.0 Å². The van der Waals surface area contributed by atoms with Gasteiger partial charge in [-0.1, -0.05) is 19.1 Å². The normalized spacial score (nSPS) is 16.8. The summed E-state index contributed by atoms with van der Waals surface area (Å²) in [5, 5.41) is 4.17. The number of esters is 1. The van der Waals surface area contributed by atoms with Gasteiger partial charge in [-0.2, -0.15) is 5.10 Å². The van der Waals surface area contributed by atoms with E-state index < -0.39 is 5.97 Å². The smallest absolute Gasteiger partial charge is 0.356 e. The summed E-state index contributed by atoms with van der Waals surface area (Å²) in [7, 11) is 3.03. The molecule has 0 N–H and O–H groups in total. The Balaban J connectivity index is 1.82. The molecule has 1 fully saturated rings. The summed E-state index contributed by atoms with van der Waals surface area (Å²) >= 11 is 0. The van der Waals surface area contributed by atoms with Crippen LogP contribution in [0.3, 0.4) is 0 Å². The molecule has 3 rings (SSSR count). The minimum atomic E-state index is -0.460. The molecule has 1 amide bonds. The number of hydrogen-bond acceptors (Lipinski definition) is 5. The highest BCUT2D eigenvalue weighted by molar-refractivity contribution is 5.98. The fourth-order valence-electron chi connectivity index (χ4n) is 3.53. The number of carbonyl (C=O) groups excluding carboxylic acids is 2. The lowest BCUT2D eigenvalue weighted by Gasteiger charge is -2.32. The maximum atomic E-state index is 13.0. The zero-order valence-corrected chi connectivity index (χ0v) is 16.7. The Morgan fingerprint density at radius 2 is 2.14 bits per heavy atom. The molecule has 28 heavy (non-hydrogen) atoms. The number of likely N-dealkylation sites (tertiary alicyclic amines) is 1. The molecule has 0 saturated carbocycles. The van der Waals surface area contributed by atoms with Gasteiger partial charge in [-0.05, 0) is 37.0 Å². The first-order chi connectivity index (χ1) is 13.5. The first-order valence-corrected chi connectivity index (χ1v) is 9.66. The number of benzene rings is 1. The molecule has 1 aliphatic rings. The van der Waals surface area contributed by atoms with E-state index in [9.17, 15) is 9.59 Å². The molecule has 1 aromatic heterocycles. The molecule has 150 valence electrons. The van der Waals surface area contributed by atoms with Gasteiger partial charge in [0.15, 0.2) is 5.69 Å². The van der Waals surface area contributed by atoms with Gasteiger partial charge in [-0.3, -0.25) is 9.48 Å². The van der Waals surface area contributed by atoms with Gasteiger partial charge >= 0.3 is 5.97 Å². The van der Waals surface area contributed by atoms with Crippen LogP contribution in [-0.4, -0.2) is 59.5 Å². The number of nitrogens with zero attached hydrogens (tertiary/aromatic N) is 3. The van der Waals surface area contributed by atoms with Crippen LogP contribution in [-0.2, 0) is 16.5 Å². The SMILES string of the molecule is CCCO[C@@H]1CCCN(C(=O)c2cccc(-c3cnn(C)c3C(=O)OC)c2)C1. The molecule has 0 spiro atoms. The van der Waals surface area contributed by atoms with Crippen LogP contribution in [0, 0.1) is 0 Å². The third kappa shape index (κ3) is 4.25. The van der Waals surface area contributed by atoms with Crippen LogP contribution < -0.4 is 0 Å². The van der Waals surface area contributed by atoms with E-state index in [4.69, 9.17) is 9.47 Å². The molecular weight excluding hydrogens is 358 g/mol. The highest BCUT2D eigenvalue weighted by Gasteiger charge is 2.25. The summed E-state index contributed by atoms with van der Waals surface area (Å²) < 4.78 is 12.2. The fraction of sp³-hybridized carbons (Fsp3) is 0.476. The van der Waals surface area contributed by atoms with Crippen molar-refractivity contribution >= 4 is 11.9 Å². The third-order valence-electron chi connectivity index (χ3n) is 4.96. The van der Waals surface area contributed by atoms with E-state index in [2.05, 4.69) is 12.0 Å². The number of methoxy groups -OCH3 is 1. The van der Waals surface area contributed by atoms with E-state index >= 15 is 0 Å². The second-order valence-corrected chi connectivity index (χ2v) is 6.99. The van der Waals surface area contributed by atoms with Crippen LogP contribution in [0.2, 0.25) is 0 Å². The topological polar surface area (TPSA) is 73.7 Å². The lowest BCUT2D eigenvalue weighted by atomic mass is 10.0. The quantitative estimate of drug-likeness (QED) is 0.715. The van der Waals surface area contributed by atoms with E-state index in [1.807, 2.05) is 23.1 Å². The maximum Gasteiger partial charge on any atom is 0.356 e. The van der Waals surface area contributed by atoms with Crippen molar-refractivity contribution in [2.75, 3.05) is 26.8 Å². The van der Waals surface area contributed by atoms with Gasteiger partial charge in [0, 0.05) is 37.9 Å². The average Bonchev–Trinajstić information content (AvgIpc) is 3.13. The fourth-order valence-corrected chi connectivity index (χ4v) is 3.53. The number of hydrogen-bond donors (Lipinski definition) is 0. The Kier molecular flexibility index (Phi) is 6.46. The summed E-state index contributed by atoms with van der Waals surface area (Å²) in [5.41, 5.74) is 2.35. The predicted molar refractivity (Wildman–Crippen MR) is 105 cm³/mol. The molecule has 1 aliphatic heterocycles. The Morgan fingerprint density at radius 3 is 2.89 bits per heavy atom. The molecule has 0 radical (unpaired) electrons. The largest absolute Gasteiger partial charge is 0.464 e. The molecule has 2 aromatic rings. The summed E-state index contributed by atoms with van der Waals surface area (Å²) in [4.78, 5) is 27.0. The highest BCUT2D eigenvalue weighted by Crippen LogP contribution is 2.26. The van der Waals surface area contributed by atoms with Crippen molar-refractivity contribution in [3.63, 3.8) is 0 Å². The number of piperidine rings is 1. The Hall–Kier alpha value is -2.67. The zero-order chi connectivity index (χ0) is 20.1. The van der Waals surface area contributed by atoms with Gasteiger partial charge in [0.25, 0.3) is 5.91 Å². The number of aromatic nitrogens is 2. The summed E-state index contributed by atoms with van der Waals surface area (Å²) in [5.74, 6) is -0.478. The standard InChI is InChI=1S/C21H27N3O4/c1-4-11-28-17-9-6-10-24(14-17)20(25)16-8-5-7-15(12-16)18-13-22-23(2)19(18)21(26)27-3/h5,7-8,12-13,17H,4,6,9-11,14H2,1-3H3/t17-/m1/s1. The van der Waals surface area contributed by atoms with Gasteiger partial charge in [-0.15, -0.1) is 0 Å². The van der Waals surface area contributed by atoms with Crippen LogP contribution in [0.25, 0.3) is 11.1 Å². The summed E-state index contributed by atoms with van der Waals surface area (Å²) in [6, 6.07) is 7.30. The van der Waals surface area contributed by atoms with Crippen LogP contribution in [0.15, 0.2) is 30.5 Å². The lowest BCUT2D eigenvalue weighted by Crippen LogP contribution is -2.43. The minimum absolute atomic E-state index is 0.0184. The average molecular weight is 385 g/mol. The van der Waals surface area contributed by atoms with E-state index in [-0.39, 0.29) is 12.0 Å². The van der Waals surface area contributed by atoms with Crippen LogP contribution in [0.4, 0.5) is 0 Å². The molecule has 7 heteroatoms. The second-order valence-electron chi connectivity index (χ2n) is 6.99. The molecule has 1 saturated heterocycles. The number of aryl methyl sites for hydroxylation is 1. The van der Waals surface area contributed by atoms with Crippen LogP contribution in [0.5, 0.6) is 0 Å². The lowest BCUT2D eigenvalue weighted by molar-refractivity contribution is 0.00211. The Bertz CT molecular complexity index is 846. The molecular formula is C21H27N3O4. The van der Waals surface area contributed by atoms with Gasteiger partial charge in [-0.25, -0.2) is 4.79 Å². The van der Waals surface area contributed by atoms with Gasteiger partial charge in [0.1, 0.15) is 0 Å². The van der Waals surface area contributed by atoms with Gasteiger partial charge < -0.3 is 14.4 Å². The van der Waals surface area contributed by atoms with E-state index in [0.717, 1.165) is 38.0 Å². The number of amides is 1. The number of rotatable bonds is 6. The van der Waals surface area contributed by atoms with Crippen LogP contribution >= 0.6 is 0 Å². The monoisotopic (exact) mass is 385 g/mol. The number of ether oxygens (including phenoxy) is 2. The van der Waals surface area contributed by atoms with E-state index in [0.29, 0.717) is 23.4 Å². The Labute approximate surface area is 165 Å². The molecule has 1 aromatic carbocycles. The molecule has 0 unspecified atom stereocenters. The molecule has 2 heterocycles. The van der Waals surface area contributed by atoms with Crippen molar-refractivity contribution in [2.45, 2.75) is 32.3 Å². The van der Waals surface area contributed by atoms with E-state index in [1.165, 1.54) is 11.8 Å². The molecule has 1 atom stereocenters. The zero-order valence-electron chi connectivity index (χ0n) is 16.7. The van der Waals surface area contributed by atoms with Crippen molar-refractivity contribution in [3.05, 3.63) is 41.7 Å². The summed E-state index contributed by atoms with van der Waals surface area (Å²) in [6.07, 6.45) is 4.62. The van der Waals surface area contributed by atoms with E-state index in [1.54, 1.807) is 19.3 Å². The van der Waals surface area contributed by atoms with Crippen molar-refractivity contribution < 1.29 is 19.1 Å². The third-order valence-corrected chi connectivity index (χ3v) is 4.96. The molecule has 0 bridgehead atoms. The van der Waals surface area contributed by atoms with Crippen molar-refractivity contribution in [1.82, 2.24) is 14.7 Å². The molecule has 0 aliphatic carbocycles. The predicted octanol–water partition coefficient (Wildman–Crippen LogP) is 2.90. The maximum absolute atomic E-state index is 13.0. The summed E-state index contributed by atoms with van der Waals surface area (Å²) in [6.45, 7) is 4.15. The van der Waals surface area contributed by atoms with Gasteiger partial charge in [0.2, 0.25) is 0 Å². The first-order valence-electron chi connectivity index (χ1n) is 9.66. The second kappa shape index (κ2) is 9.01. The van der Waals surface area contributed by atoms with Crippen molar-refractivity contribution in [1.29, 1.82) is 0 Å². The highest BCUT2D eigenvalue weighted by atomic mass is 16.5. The van der Waals surface area contributed by atoms with Crippen molar-refractivity contribution in [3.8, 4) is 11.1 Å². The molecule has 7 nitrogen and oxygen atoms in total. The Morgan fingerprint density at radius 1 is 1.32 bits per heavy atom. The first kappa shape index (κ1) is 20.1. The number of carbonyl (C=O) groups is 2. The van der Waals surface area contributed by atoms with Gasteiger partial charge in [0.05, 0.1) is 19.4 Å². The van der Waals surface area contributed by atoms with Crippen molar-refractivity contribution in [2.24, 2.45) is 7.05 Å².